The molecule has 1 rings (SSSR count). The number of rotatable bonds is 7. The van der Waals surface area contributed by atoms with Crippen molar-refractivity contribution in [2.45, 2.75) is 39.3 Å². The summed E-state index contributed by atoms with van der Waals surface area (Å²) in [6.07, 6.45) is 1.43. The number of likely N-dealkylation sites (N-methyl/N-ethyl adjacent to an activating group) is 1. The highest BCUT2D eigenvalue weighted by Gasteiger charge is 2.23. The van der Waals surface area contributed by atoms with E-state index in [1.165, 1.54) is 0 Å². The lowest BCUT2D eigenvalue weighted by Gasteiger charge is -2.37. The second-order valence-corrected chi connectivity index (χ2v) is 5.40. The highest BCUT2D eigenvalue weighted by Crippen LogP contribution is 2.10. The minimum Gasteiger partial charge on any atom is -0.374 e. The Balaban J connectivity index is 2.33. The van der Waals surface area contributed by atoms with Crippen molar-refractivity contribution in [3.05, 3.63) is 0 Å². The van der Waals surface area contributed by atoms with E-state index in [2.05, 4.69) is 30.6 Å². The summed E-state index contributed by atoms with van der Waals surface area (Å²) in [6.45, 7) is 12.9. The van der Waals surface area contributed by atoms with Crippen LogP contribution < -0.4 is 0 Å². The predicted molar refractivity (Wildman–Crippen MR) is 73.9 cm³/mol. The van der Waals surface area contributed by atoms with Gasteiger partial charge >= 0.3 is 0 Å². The lowest BCUT2D eigenvalue weighted by Crippen LogP contribution is -2.49. The summed E-state index contributed by atoms with van der Waals surface area (Å²) in [5.41, 5.74) is 0. The van der Waals surface area contributed by atoms with Crippen LogP contribution >= 0.6 is 11.6 Å². The summed E-state index contributed by atoms with van der Waals surface area (Å²) in [4.78, 5) is 4.94. The fourth-order valence-electron chi connectivity index (χ4n) is 2.27. The van der Waals surface area contributed by atoms with Crippen molar-refractivity contribution in [3.8, 4) is 0 Å². The summed E-state index contributed by atoms with van der Waals surface area (Å²) in [6, 6.07) is 0.624. The lowest BCUT2D eigenvalue weighted by molar-refractivity contribution is -0.0515. The Bertz CT molecular complexity index is 202. The number of alkyl halides is 1. The van der Waals surface area contributed by atoms with Gasteiger partial charge in [-0.25, -0.2) is 0 Å². The van der Waals surface area contributed by atoms with Crippen molar-refractivity contribution in [2.24, 2.45) is 0 Å². The van der Waals surface area contributed by atoms with Crippen molar-refractivity contribution >= 4 is 11.6 Å². The minimum atomic E-state index is 0.362. The molecule has 0 spiro atoms. The Morgan fingerprint density at radius 2 is 2.24 bits per heavy atom. The van der Waals surface area contributed by atoms with Gasteiger partial charge in [0.15, 0.2) is 0 Å². The molecule has 4 heteroatoms. The molecule has 0 aromatic heterocycles. The van der Waals surface area contributed by atoms with Gasteiger partial charge in [-0.2, -0.15) is 0 Å². The van der Waals surface area contributed by atoms with Crippen LogP contribution in [0, 0.1) is 0 Å². The number of hydrogen-bond acceptors (Lipinski definition) is 3. The van der Waals surface area contributed by atoms with E-state index >= 15 is 0 Å². The van der Waals surface area contributed by atoms with E-state index in [-0.39, 0.29) is 0 Å². The minimum absolute atomic E-state index is 0.362. The zero-order valence-electron chi connectivity index (χ0n) is 11.5. The Morgan fingerprint density at radius 3 is 2.82 bits per heavy atom. The van der Waals surface area contributed by atoms with Crippen LogP contribution in [0.3, 0.4) is 0 Å². The van der Waals surface area contributed by atoms with Crippen LogP contribution in [0.2, 0.25) is 0 Å². The highest BCUT2D eigenvalue weighted by atomic mass is 35.5. The van der Waals surface area contributed by atoms with Crippen LogP contribution in [0.1, 0.15) is 27.2 Å². The normalized spacial score (nSPS) is 22.6. The molecule has 1 fully saturated rings. The summed E-state index contributed by atoms with van der Waals surface area (Å²) in [5, 5.41) is 0. The first-order valence-electron chi connectivity index (χ1n) is 6.81. The van der Waals surface area contributed by atoms with Crippen molar-refractivity contribution in [1.29, 1.82) is 0 Å². The van der Waals surface area contributed by atoms with Crippen LogP contribution in [0.5, 0.6) is 0 Å². The van der Waals surface area contributed by atoms with Gasteiger partial charge in [-0.1, -0.05) is 6.92 Å². The molecule has 1 heterocycles. The second kappa shape index (κ2) is 8.30. The van der Waals surface area contributed by atoms with Gasteiger partial charge in [0.1, 0.15) is 0 Å². The molecule has 1 aliphatic rings. The van der Waals surface area contributed by atoms with Crippen LogP contribution in [0.15, 0.2) is 0 Å². The molecule has 1 aliphatic heterocycles. The van der Waals surface area contributed by atoms with E-state index in [0.29, 0.717) is 12.1 Å². The maximum Gasteiger partial charge on any atom is 0.0829 e. The molecule has 0 aliphatic carbocycles. The van der Waals surface area contributed by atoms with Crippen LogP contribution in [-0.2, 0) is 4.74 Å². The molecule has 0 aromatic carbocycles. The number of morpholine rings is 1. The summed E-state index contributed by atoms with van der Waals surface area (Å²) >= 11 is 5.74. The third kappa shape index (κ3) is 5.56. The van der Waals surface area contributed by atoms with Crippen LogP contribution in [0.4, 0.5) is 0 Å². The Hall–Kier alpha value is 0.170. The first-order valence-corrected chi connectivity index (χ1v) is 7.34. The molecule has 1 atom stereocenters. The van der Waals surface area contributed by atoms with E-state index in [9.17, 15) is 0 Å². The average molecular weight is 263 g/mol. The second-order valence-electron chi connectivity index (χ2n) is 5.02. The number of nitrogens with zero attached hydrogens (tertiary/aromatic N) is 2. The molecular formula is C13H27ClN2O. The number of halogens is 1. The first-order chi connectivity index (χ1) is 8.17. The quantitative estimate of drug-likeness (QED) is 0.653. The molecule has 1 unspecified atom stereocenters. The SMILES string of the molecule is CCN(CCCCl)CC1CN(C(C)C)CCO1. The van der Waals surface area contributed by atoms with Crippen molar-refractivity contribution in [3.63, 3.8) is 0 Å². The van der Waals surface area contributed by atoms with Gasteiger partial charge < -0.3 is 9.64 Å². The van der Waals surface area contributed by atoms with Gasteiger partial charge in [-0.05, 0) is 33.4 Å². The zero-order valence-corrected chi connectivity index (χ0v) is 12.2. The molecule has 0 amide bonds. The topological polar surface area (TPSA) is 15.7 Å². The Morgan fingerprint density at radius 1 is 1.47 bits per heavy atom. The molecule has 0 bridgehead atoms. The molecule has 0 radical (unpaired) electrons. The summed E-state index contributed by atoms with van der Waals surface area (Å²) in [7, 11) is 0. The Labute approximate surface area is 111 Å². The molecule has 0 saturated carbocycles. The molecule has 3 nitrogen and oxygen atoms in total. The predicted octanol–water partition coefficient (Wildman–Crippen LogP) is 2.05. The maximum atomic E-state index is 5.85. The molecule has 0 aromatic rings. The van der Waals surface area contributed by atoms with Crippen molar-refractivity contribution < 1.29 is 4.74 Å². The van der Waals surface area contributed by atoms with Gasteiger partial charge in [0.2, 0.25) is 0 Å². The van der Waals surface area contributed by atoms with Gasteiger partial charge in [0, 0.05) is 31.6 Å². The van der Waals surface area contributed by atoms with Crippen LogP contribution in [0.25, 0.3) is 0 Å². The van der Waals surface area contributed by atoms with Crippen molar-refractivity contribution in [2.75, 3.05) is 45.2 Å². The van der Waals surface area contributed by atoms with Gasteiger partial charge in [0.05, 0.1) is 12.7 Å². The number of ether oxygens (including phenoxy) is 1. The maximum absolute atomic E-state index is 5.85. The average Bonchev–Trinajstić information content (AvgIpc) is 2.34. The molecule has 1 saturated heterocycles. The molecule has 17 heavy (non-hydrogen) atoms. The zero-order chi connectivity index (χ0) is 12.7. The fourth-order valence-corrected chi connectivity index (χ4v) is 2.39. The van der Waals surface area contributed by atoms with E-state index in [4.69, 9.17) is 16.3 Å². The van der Waals surface area contributed by atoms with Gasteiger partial charge in [0.25, 0.3) is 0 Å². The Kier molecular flexibility index (Phi) is 7.44. The third-order valence-electron chi connectivity index (χ3n) is 3.42. The first kappa shape index (κ1) is 15.2. The molecule has 102 valence electrons. The van der Waals surface area contributed by atoms with Crippen LogP contribution in [-0.4, -0.2) is 67.2 Å². The molecular weight excluding hydrogens is 236 g/mol. The molecule has 0 N–H and O–H groups in total. The van der Waals surface area contributed by atoms with E-state index in [0.717, 1.165) is 51.6 Å². The van der Waals surface area contributed by atoms with Gasteiger partial charge in [-0.15, -0.1) is 11.6 Å². The van der Waals surface area contributed by atoms with E-state index in [1.807, 2.05) is 0 Å². The summed E-state index contributed by atoms with van der Waals surface area (Å²) in [5.74, 6) is 0.750. The largest absolute Gasteiger partial charge is 0.374 e. The van der Waals surface area contributed by atoms with E-state index < -0.39 is 0 Å². The van der Waals surface area contributed by atoms with Gasteiger partial charge in [-0.3, -0.25) is 4.90 Å². The monoisotopic (exact) mass is 262 g/mol. The lowest BCUT2D eigenvalue weighted by atomic mass is 10.2. The number of hydrogen-bond donors (Lipinski definition) is 0. The third-order valence-corrected chi connectivity index (χ3v) is 3.68. The smallest absolute Gasteiger partial charge is 0.0829 e. The fraction of sp³-hybridized carbons (Fsp3) is 1.00. The summed E-state index contributed by atoms with van der Waals surface area (Å²) < 4.78 is 5.85. The highest BCUT2D eigenvalue weighted by molar-refractivity contribution is 6.17. The standard InChI is InChI=1S/C13H27ClN2O/c1-4-15(7-5-6-14)10-13-11-16(12(2)3)8-9-17-13/h12-13H,4-11H2,1-3H3. The van der Waals surface area contributed by atoms with E-state index in [1.54, 1.807) is 0 Å². The van der Waals surface area contributed by atoms with Crippen molar-refractivity contribution in [1.82, 2.24) is 9.80 Å².